The van der Waals surface area contributed by atoms with Crippen molar-refractivity contribution in [1.82, 2.24) is 19.6 Å². The number of hydrogen-bond acceptors (Lipinski definition) is 10. The number of aliphatic hydroxyl groups excluding tert-OH is 1. The Morgan fingerprint density at radius 2 is 1.55 bits per heavy atom. The van der Waals surface area contributed by atoms with Crippen molar-refractivity contribution in [1.29, 1.82) is 0 Å². The second-order valence-electron chi connectivity index (χ2n) is 14.4. The number of aliphatic hydroxyl groups is 1. The van der Waals surface area contributed by atoms with Crippen LogP contribution in [-0.4, -0.2) is 79.2 Å². The van der Waals surface area contributed by atoms with Crippen LogP contribution in [0, 0.1) is 12.8 Å². The number of anilines is 2. The Balaban J connectivity index is 1.10. The molecule has 4 aromatic carbocycles. The minimum atomic E-state index is -4.01. The van der Waals surface area contributed by atoms with Gasteiger partial charge in [-0.1, -0.05) is 91.3 Å². The van der Waals surface area contributed by atoms with E-state index in [1.807, 2.05) is 85.8 Å². The molecule has 3 heterocycles. The molecule has 2 fully saturated rings. The number of carbonyl (C=O) groups is 1. The van der Waals surface area contributed by atoms with Crippen LogP contribution in [0.3, 0.4) is 0 Å². The van der Waals surface area contributed by atoms with Gasteiger partial charge < -0.3 is 24.8 Å². The van der Waals surface area contributed by atoms with Crippen LogP contribution >= 0.6 is 0 Å². The van der Waals surface area contributed by atoms with Crippen molar-refractivity contribution < 1.29 is 27.8 Å². The predicted molar refractivity (Wildman–Crippen MR) is 214 cm³/mol. The first-order valence-electron chi connectivity index (χ1n) is 18.9. The van der Waals surface area contributed by atoms with E-state index in [1.54, 1.807) is 30.6 Å². The average Bonchev–Trinajstić information content (AvgIpc) is 3.22. The molecule has 5 aromatic rings. The van der Waals surface area contributed by atoms with Crippen molar-refractivity contribution in [2.45, 2.75) is 56.3 Å². The number of nitrogens with zero attached hydrogens (tertiary/aromatic N) is 4. The number of aromatic nitrogens is 2. The van der Waals surface area contributed by atoms with Crippen molar-refractivity contribution in [3.05, 3.63) is 149 Å². The van der Waals surface area contributed by atoms with E-state index in [2.05, 4.69) is 36.7 Å². The van der Waals surface area contributed by atoms with E-state index in [0.29, 0.717) is 17.8 Å². The van der Waals surface area contributed by atoms with Crippen molar-refractivity contribution in [3.63, 3.8) is 0 Å². The van der Waals surface area contributed by atoms with Crippen molar-refractivity contribution in [2.75, 3.05) is 42.9 Å². The van der Waals surface area contributed by atoms with Crippen LogP contribution in [0.1, 0.15) is 47.1 Å². The number of sulfonamides is 1. The number of ether oxygens (including phenoxy) is 2. The van der Waals surface area contributed by atoms with E-state index in [1.165, 1.54) is 12.1 Å². The normalized spacial score (nSPS) is 21.0. The lowest BCUT2D eigenvalue weighted by Crippen LogP contribution is -2.51. The van der Waals surface area contributed by atoms with Gasteiger partial charge in [0.1, 0.15) is 6.04 Å². The third kappa shape index (κ3) is 9.67. The molecular formula is C43H48N6O6S. The summed E-state index contributed by atoms with van der Waals surface area (Å²) in [6.07, 6.45) is 2.41. The number of benzene rings is 4. The van der Waals surface area contributed by atoms with E-state index < -0.39 is 28.3 Å². The van der Waals surface area contributed by atoms with Gasteiger partial charge in [-0.15, -0.1) is 0 Å². The summed E-state index contributed by atoms with van der Waals surface area (Å²) in [7, 11) is -4.01. The average molecular weight is 777 g/mol. The Morgan fingerprint density at radius 3 is 2.25 bits per heavy atom. The van der Waals surface area contributed by atoms with Gasteiger partial charge in [0.25, 0.3) is 0 Å². The second kappa shape index (κ2) is 17.8. The van der Waals surface area contributed by atoms with Gasteiger partial charge in [0, 0.05) is 62.3 Å². The second-order valence-corrected chi connectivity index (χ2v) is 16.2. The Hall–Kier alpha value is -5.02. The van der Waals surface area contributed by atoms with E-state index in [-0.39, 0.29) is 36.0 Å². The van der Waals surface area contributed by atoms with Crippen LogP contribution in [0.25, 0.3) is 0 Å². The SMILES string of the molecule is Cc1ccc(S(=O)(=O)N[C@H](Cc2ccccc2)C(=O)Nc2cccc(C3O[C@H](CN4CCN(c5ncccn5)CC4)[C@H](C)[C@H](c4ccc(CO)cc4)O3)c2)cc1. The molecule has 1 unspecified atom stereocenters. The minimum absolute atomic E-state index is 0.00936. The third-order valence-electron chi connectivity index (χ3n) is 10.4. The molecule has 56 heavy (non-hydrogen) atoms. The Labute approximate surface area is 328 Å². The zero-order valence-corrected chi connectivity index (χ0v) is 32.4. The first-order chi connectivity index (χ1) is 27.1. The Morgan fingerprint density at radius 1 is 0.839 bits per heavy atom. The van der Waals surface area contributed by atoms with Crippen LogP contribution < -0.4 is 14.9 Å². The van der Waals surface area contributed by atoms with Gasteiger partial charge in [-0.25, -0.2) is 18.4 Å². The first kappa shape index (κ1) is 39.2. The number of carbonyl (C=O) groups excluding carboxylic acids is 1. The lowest BCUT2D eigenvalue weighted by Gasteiger charge is -2.44. The van der Waals surface area contributed by atoms with Crippen LogP contribution in [0.2, 0.25) is 0 Å². The maximum atomic E-state index is 14.0. The molecule has 3 N–H and O–H groups in total. The summed E-state index contributed by atoms with van der Waals surface area (Å²) >= 11 is 0. The van der Waals surface area contributed by atoms with E-state index in [0.717, 1.165) is 54.4 Å². The van der Waals surface area contributed by atoms with Gasteiger partial charge in [-0.05, 0) is 60.4 Å². The predicted octanol–water partition coefficient (Wildman–Crippen LogP) is 5.42. The molecule has 0 radical (unpaired) electrons. The summed E-state index contributed by atoms with van der Waals surface area (Å²) in [5, 5.41) is 12.6. The molecular weight excluding hydrogens is 729 g/mol. The smallest absolute Gasteiger partial charge is 0.242 e. The van der Waals surface area contributed by atoms with Gasteiger partial charge in [-0.3, -0.25) is 9.69 Å². The highest BCUT2D eigenvalue weighted by atomic mass is 32.2. The summed E-state index contributed by atoms with van der Waals surface area (Å²) in [6.45, 7) is 7.91. The number of hydrogen-bond donors (Lipinski definition) is 3. The van der Waals surface area contributed by atoms with Gasteiger partial charge in [0.2, 0.25) is 21.9 Å². The molecule has 2 saturated heterocycles. The van der Waals surface area contributed by atoms with Crippen LogP contribution in [0.15, 0.2) is 126 Å². The molecule has 12 nitrogen and oxygen atoms in total. The van der Waals surface area contributed by atoms with Gasteiger partial charge >= 0.3 is 0 Å². The Bertz CT molecular complexity index is 2150. The third-order valence-corrected chi connectivity index (χ3v) is 11.9. The maximum Gasteiger partial charge on any atom is 0.242 e. The minimum Gasteiger partial charge on any atom is -0.392 e. The molecule has 0 bridgehead atoms. The van der Waals surface area contributed by atoms with Gasteiger partial charge in [-0.2, -0.15) is 4.72 Å². The zero-order valence-electron chi connectivity index (χ0n) is 31.6. The summed E-state index contributed by atoms with van der Waals surface area (Å²) < 4.78 is 43.1. The molecule has 13 heteroatoms. The number of nitrogens with one attached hydrogen (secondary N) is 2. The monoisotopic (exact) mass is 776 g/mol. The van der Waals surface area contributed by atoms with Crippen molar-refractivity contribution in [3.8, 4) is 0 Å². The summed E-state index contributed by atoms with van der Waals surface area (Å²) in [5.41, 5.74) is 4.72. The summed E-state index contributed by atoms with van der Waals surface area (Å²) in [6, 6.07) is 31.6. The topological polar surface area (TPSA) is 146 Å². The van der Waals surface area contributed by atoms with Crippen LogP contribution in [0.5, 0.6) is 0 Å². The highest BCUT2D eigenvalue weighted by molar-refractivity contribution is 7.89. The highest BCUT2D eigenvalue weighted by Crippen LogP contribution is 2.42. The van der Waals surface area contributed by atoms with Crippen LogP contribution in [0.4, 0.5) is 11.6 Å². The fourth-order valence-corrected chi connectivity index (χ4v) is 8.37. The lowest BCUT2D eigenvalue weighted by molar-refractivity contribution is -0.276. The molecule has 292 valence electrons. The molecule has 0 saturated carbocycles. The molecule has 5 atom stereocenters. The molecule has 2 aliphatic heterocycles. The van der Waals surface area contributed by atoms with E-state index >= 15 is 0 Å². The number of aryl methyl sites for hydroxylation is 1. The highest BCUT2D eigenvalue weighted by Gasteiger charge is 2.40. The van der Waals surface area contributed by atoms with Crippen molar-refractivity contribution >= 4 is 27.6 Å². The van der Waals surface area contributed by atoms with Gasteiger partial charge in [0.05, 0.1) is 23.7 Å². The lowest BCUT2D eigenvalue weighted by atomic mass is 9.90. The Kier molecular flexibility index (Phi) is 12.5. The quantitative estimate of drug-likeness (QED) is 0.142. The standard InChI is InChI=1S/C43H48N6O6S/c1-30-12-18-37(19-13-30)56(52,53)47-38(26-32-8-4-3-5-9-32)41(51)46-36-11-6-10-35(27-36)42-54-39(31(2)40(55-42)34-16-14-33(29-50)15-17-34)28-48-22-24-49(25-23-48)43-44-20-7-21-45-43/h3-21,27,31,38-40,42,47,50H,22-26,28-29H2,1-2H3,(H,46,51)/t31-,38+,39+,40+,42?/m0/s1. The largest absolute Gasteiger partial charge is 0.392 e. The van der Waals surface area contributed by atoms with Crippen molar-refractivity contribution in [2.24, 2.45) is 5.92 Å². The molecule has 0 aliphatic carbocycles. The number of amides is 1. The molecule has 1 aromatic heterocycles. The van der Waals surface area contributed by atoms with Gasteiger partial charge in [0.15, 0.2) is 6.29 Å². The molecule has 1 amide bonds. The van der Waals surface area contributed by atoms with E-state index in [9.17, 15) is 18.3 Å². The first-order valence-corrected chi connectivity index (χ1v) is 20.4. The van der Waals surface area contributed by atoms with E-state index in [4.69, 9.17) is 9.47 Å². The summed E-state index contributed by atoms with van der Waals surface area (Å²) in [4.78, 5) is 27.5. The fraction of sp³-hybridized carbons (Fsp3) is 0.326. The zero-order chi connectivity index (χ0) is 39.1. The fourth-order valence-electron chi connectivity index (χ4n) is 7.17. The molecule has 2 aliphatic rings. The number of piperazine rings is 1. The molecule has 7 rings (SSSR count). The molecule has 0 spiro atoms. The van der Waals surface area contributed by atoms with Crippen LogP contribution in [-0.2, 0) is 37.3 Å². The maximum absolute atomic E-state index is 14.0. The summed E-state index contributed by atoms with van der Waals surface area (Å²) in [5.74, 6) is 0.224. The number of rotatable bonds is 13.